The standard InChI is InChI=1S/C12H16O3S/c1-8-3-5-10(8)11-7-9(16(13)14)4-6-12(11)15-2/h4,6-8,10H,3,5H2,1-2H3,(H,13,14)/p-1. The van der Waals surface area contributed by atoms with Gasteiger partial charge in [0.1, 0.15) is 5.75 Å². The molecule has 1 aliphatic rings. The minimum absolute atomic E-state index is 0.342. The molecule has 2 rings (SSSR count). The highest BCUT2D eigenvalue weighted by Gasteiger charge is 2.30. The molecule has 3 atom stereocenters. The maximum atomic E-state index is 10.9. The molecule has 0 aromatic heterocycles. The summed E-state index contributed by atoms with van der Waals surface area (Å²) in [5.74, 6) is 1.86. The van der Waals surface area contributed by atoms with Gasteiger partial charge in [-0.3, -0.25) is 4.21 Å². The van der Waals surface area contributed by atoms with E-state index >= 15 is 0 Å². The molecular formula is C12H15O3S-. The normalized spacial score (nSPS) is 25.9. The monoisotopic (exact) mass is 239 g/mol. The molecule has 0 bridgehead atoms. The number of rotatable bonds is 3. The number of benzene rings is 1. The molecule has 0 amide bonds. The zero-order chi connectivity index (χ0) is 11.7. The average molecular weight is 239 g/mol. The molecule has 88 valence electrons. The lowest BCUT2D eigenvalue weighted by Crippen LogP contribution is -2.21. The average Bonchev–Trinajstić information content (AvgIpc) is 2.27. The molecule has 0 spiro atoms. The van der Waals surface area contributed by atoms with E-state index in [-0.39, 0.29) is 0 Å². The van der Waals surface area contributed by atoms with Crippen molar-refractivity contribution in [3.8, 4) is 5.75 Å². The van der Waals surface area contributed by atoms with E-state index in [1.165, 1.54) is 6.42 Å². The molecule has 16 heavy (non-hydrogen) atoms. The van der Waals surface area contributed by atoms with Crippen LogP contribution in [0.5, 0.6) is 5.75 Å². The highest BCUT2D eigenvalue weighted by molar-refractivity contribution is 7.79. The van der Waals surface area contributed by atoms with Crippen LogP contribution >= 0.6 is 0 Å². The van der Waals surface area contributed by atoms with Crippen molar-refractivity contribution in [1.82, 2.24) is 0 Å². The van der Waals surface area contributed by atoms with Crippen LogP contribution in [-0.4, -0.2) is 15.9 Å². The maximum absolute atomic E-state index is 10.9. The molecule has 3 nitrogen and oxygen atoms in total. The van der Waals surface area contributed by atoms with Gasteiger partial charge in [-0.05, 0) is 59.5 Å². The minimum Gasteiger partial charge on any atom is -0.768 e. The fourth-order valence-electron chi connectivity index (χ4n) is 2.23. The molecule has 1 fully saturated rings. The van der Waals surface area contributed by atoms with E-state index in [0.717, 1.165) is 17.7 Å². The molecule has 1 aromatic carbocycles. The van der Waals surface area contributed by atoms with Gasteiger partial charge in [-0.1, -0.05) is 6.92 Å². The Kier molecular flexibility index (Phi) is 3.30. The maximum Gasteiger partial charge on any atom is 0.122 e. The summed E-state index contributed by atoms with van der Waals surface area (Å²) in [7, 11) is 1.62. The Labute approximate surface area is 98.1 Å². The van der Waals surface area contributed by atoms with E-state index in [0.29, 0.717) is 16.7 Å². The van der Waals surface area contributed by atoms with Crippen LogP contribution in [0.4, 0.5) is 0 Å². The third-order valence-corrected chi connectivity index (χ3v) is 4.05. The Hall–Kier alpha value is -0.870. The van der Waals surface area contributed by atoms with Crippen molar-refractivity contribution in [2.24, 2.45) is 5.92 Å². The van der Waals surface area contributed by atoms with E-state index in [4.69, 9.17) is 4.74 Å². The molecule has 1 aliphatic carbocycles. The van der Waals surface area contributed by atoms with Gasteiger partial charge in [0.2, 0.25) is 0 Å². The van der Waals surface area contributed by atoms with Crippen LogP contribution in [0.2, 0.25) is 0 Å². The summed E-state index contributed by atoms with van der Waals surface area (Å²) in [6.45, 7) is 2.19. The predicted octanol–water partition coefficient (Wildman–Crippen LogP) is 2.45. The Morgan fingerprint density at radius 1 is 1.44 bits per heavy atom. The van der Waals surface area contributed by atoms with E-state index in [9.17, 15) is 8.76 Å². The van der Waals surface area contributed by atoms with Gasteiger partial charge < -0.3 is 9.29 Å². The minimum atomic E-state index is -2.16. The lowest BCUT2D eigenvalue weighted by molar-refractivity contribution is 0.271. The fourth-order valence-corrected chi connectivity index (χ4v) is 2.64. The summed E-state index contributed by atoms with van der Waals surface area (Å²) >= 11 is -2.16. The molecule has 0 heterocycles. The van der Waals surface area contributed by atoms with E-state index < -0.39 is 11.1 Å². The topological polar surface area (TPSA) is 49.4 Å². The van der Waals surface area contributed by atoms with Crippen molar-refractivity contribution < 1.29 is 13.5 Å². The molecule has 1 saturated carbocycles. The zero-order valence-corrected chi connectivity index (χ0v) is 10.3. The van der Waals surface area contributed by atoms with Crippen molar-refractivity contribution in [3.05, 3.63) is 23.8 Å². The van der Waals surface area contributed by atoms with Crippen molar-refractivity contribution in [3.63, 3.8) is 0 Å². The molecule has 3 unspecified atom stereocenters. The van der Waals surface area contributed by atoms with Crippen LogP contribution in [0.25, 0.3) is 0 Å². The summed E-state index contributed by atoms with van der Waals surface area (Å²) < 4.78 is 27.1. The van der Waals surface area contributed by atoms with Gasteiger partial charge in [0.25, 0.3) is 0 Å². The van der Waals surface area contributed by atoms with Crippen molar-refractivity contribution in [1.29, 1.82) is 0 Å². The van der Waals surface area contributed by atoms with E-state index in [2.05, 4.69) is 6.92 Å². The quantitative estimate of drug-likeness (QED) is 0.761. The zero-order valence-electron chi connectivity index (χ0n) is 9.43. The van der Waals surface area contributed by atoms with Crippen molar-refractivity contribution in [2.45, 2.75) is 30.6 Å². The van der Waals surface area contributed by atoms with Crippen LogP contribution in [0, 0.1) is 5.92 Å². The van der Waals surface area contributed by atoms with Gasteiger partial charge in [0.05, 0.1) is 7.11 Å². The smallest absolute Gasteiger partial charge is 0.122 e. The third kappa shape index (κ3) is 1.99. The summed E-state index contributed by atoms with van der Waals surface area (Å²) in [5.41, 5.74) is 1.03. The molecule has 0 aliphatic heterocycles. The summed E-state index contributed by atoms with van der Waals surface area (Å²) in [5, 5.41) is 0. The number of hydrogen-bond donors (Lipinski definition) is 0. The van der Waals surface area contributed by atoms with Gasteiger partial charge in [-0.15, -0.1) is 0 Å². The van der Waals surface area contributed by atoms with Gasteiger partial charge in [-0.2, -0.15) is 0 Å². The first kappa shape index (κ1) is 11.6. The lowest BCUT2D eigenvalue weighted by atomic mass is 9.71. The van der Waals surface area contributed by atoms with Gasteiger partial charge >= 0.3 is 0 Å². The fraction of sp³-hybridized carbons (Fsp3) is 0.500. The Balaban J connectivity index is 2.39. The van der Waals surface area contributed by atoms with Crippen molar-refractivity contribution in [2.75, 3.05) is 7.11 Å². The highest BCUT2D eigenvalue weighted by atomic mass is 32.2. The molecule has 0 saturated heterocycles. The second-order valence-corrected chi connectivity index (χ2v) is 5.24. The largest absolute Gasteiger partial charge is 0.768 e. The van der Waals surface area contributed by atoms with Gasteiger partial charge in [0.15, 0.2) is 0 Å². The molecule has 0 radical (unpaired) electrons. The summed E-state index contributed by atoms with van der Waals surface area (Å²) in [6.07, 6.45) is 2.32. The molecule has 0 N–H and O–H groups in total. The van der Waals surface area contributed by atoms with Gasteiger partial charge in [0, 0.05) is 4.90 Å². The molecule has 4 heteroatoms. The first-order chi connectivity index (χ1) is 7.63. The highest BCUT2D eigenvalue weighted by Crippen LogP contribution is 2.45. The predicted molar refractivity (Wildman–Crippen MR) is 61.3 cm³/mol. The Morgan fingerprint density at radius 3 is 2.62 bits per heavy atom. The summed E-state index contributed by atoms with van der Waals surface area (Å²) in [4.78, 5) is 0.342. The van der Waals surface area contributed by atoms with Crippen LogP contribution in [0.1, 0.15) is 31.2 Å². The van der Waals surface area contributed by atoms with Crippen LogP contribution in [0.3, 0.4) is 0 Å². The third-order valence-electron chi connectivity index (χ3n) is 3.41. The molecular weight excluding hydrogens is 224 g/mol. The first-order valence-corrected chi connectivity index (χ1v) is 6.48. The van der Waals surface area contributed by atoms with E-state index in [1.54, 1.807) is 25.3 Å². The number of methoxy groups -OCH3 is 1. The van der Waals surface area contributed by atoms with Crippen LogP contribution < -0.4 is 4.74 Å². The number of hydrogen-bond acceptors (Lipinski definition) is 3. The van der Waals surface area contributed by atoms with E-state index in [1.807, 2.05) is 0 Å². The summed E-state index contributed by atoms with van der Waals surface area (Å²) in [6, 6.07) is 5.06. The molecule has 1 aromatic rings. The van der Waals surface area contributed by atoms with Crippen molar-refractivity contribution >= 4 is 11.1 Å². The second kappa shape index (κ2) is 4.55. The van der Waals surface area contributed by atoms with Crippen LogP contribution in [-0.2, 0) is 11.1 Å². The van der Waals surface area contributed by atoms with Gasteiger partial charge in [-0.25, -0.2) is 0 Å². The first-order valence-electron chi connectivity index (χ1n) is 5.40. The second-order valence-electron chi connectivity index (χ2n) is 4.30. The van der Waals surface area contributed by atoms with Crippen LogP contribution in [0.15, 0.2) is 23.1 Å². The Morgan fingerprint density at radius 2 is 2.19 bits per heavy atom. The lowest BCUT2D eigenvalue weighted by Gasteiger charge is -2.35. The Bertz CT molecular complexity index is 417. The number of ether oxygens (including phenoxy) is 1. The SMILES string of the molecule is COc1ccc(S(=O)[O-])cc1C1CCC1C.